The quantitative estimate of drug-likeness (QED) is 0.405. The molecule has 6 rings (SSSR count). The standard InChI is InChI=1S/C27H29N7O3S/c1-15-9-22(38-31-15)30-23-26(37)32(4)13-19(29-23)17-5-6-28-24(18(17)14-35)34-8-7-33-20(25(34)36)10-16-11-27(2,3)12-21(16)33/h5-6,9-10,13,35H,7-8,11-12,14H2,1-4H3,(H,29,30). The van der Waals surface area contributed by atoms with Gasteiger partial charge in [-0.2, -0.15) is 4.37 Å². The van der Waals surface area contributed by atoms with E-state index in [1.807, 2.05) is 19.1 Å². The van der Waals surface area contributed by atoms with E-state index in [1.54, 1.807) is 30.4 Å². The second kappa shape index (κ2) is 8.88. The number of aliphatic hydroxyl groups excluding tert-OH is 1. The first-order valence-electron chi connectivity index (χ1n) is 12.6. The number of pyridine rings is 1. The van der Waals surface area contributed by atoms with E-state index in [1.165, 1.54) is 27.4 Å². The highest BCUT2D eigenvalue weighted by molar-refractivity contribution is 7.10. The lowest BCUT2D eigenvalue weighted by Gasteiger charge is -2.30. The Bertz CT molecular complexity index is 1650. The molecule has 1 aliphatic heterocycles. The van der Waals surface area contributed by atoms with Gasteiger partial charge in [-0.05, 0) is 60.5 Å². The predicted octanol–water partition coefficient (Wildman–Crippen LogP) is 3.43. The van der Waals surface area contributed by atoms with Gasteiger partial charge in [0.2, 0.25) is 0 Å². The molecule has 4 aromatic rings. The number of nitrogens with zero attached hydrogens (tertiary/aromatic N) is 6. The summed E-state index contributed by atoms with van der Waals surface area (Å²) in [7, 11) is 1.65. The molecule has 0 atom stereocenters. The number of anilines is 3. The zero-order chi connectivity index (χ0) is 26.8. The van der Waals surface area contributed by atoms with Crippen LogP contribution < -0.4 is 15.8 Å². The molecule has 0 fully saturated rings. The van der Waals surface area contributed by atoms with Crippen molar-refractivity contribution in [3.63, 3.8) is 0 Å². The van der Waals surface area contributed by atoms with E-state index < -0.39 is 0 Å². The van der Waals surface area contributed by atoms with Crippen molar-refractivity contribution in [1.82, 2.24) is 23.5 Å². The van der Waals surface area contributed by atoms with Crippen LogP contribution in [0.1, 0.15) is 46.9 Å². The van der Waals surface area contributed by atoms with Crippen LogP contribution in [-0.2, 0) is 33.0 Å². The molecule has 0 saturated heterocycles. The summed E-state index contributed by atoms with van der Waals surface area (Å²) in [6.07, 6.45) is 5.15. The summed E-state index contributed by atoms with van der Waals surface area (Å²) in [4.78, 5) is 37.2. The summed E-state index contributed by atoms with van der Waals surface area (Å²) in [5, 5.41) is 14.2. The Labute approximate surface area is 223 Å². The van der Waals surface area contributed by atoms with Crippen molar-refractivity contribution in [3.05, 3.63) is 69.2 Å². The lowest BCUT2D eigenvalue weighted by Crippen LogP contribution is -2.41. The van der Waals surface area contributed by atoms with E-state index in [2.05, 4.69) is 38.1 Å². The first kappa shape index (κ1) is 24.5. The Morgan fingerprint density at radius 2 is 2.00 bits per heavy atom. The minimum Gasteiger partial charge on any atom is -0.392 e. The molecule has 38 heavy (non-hydrogen) atoms. The van der Waals surface area contributed by atoms with Gasteiger partial charge in [0.15, 0.2) is 5.82 Å². The Kier molecular flexibility index (Phi) is 5.73. The number of rotatable bonds is 5. The Morgan fingerprint density at radius 3 is 2.74 bits per heavy atom. The molecule has 0 aromatic carbocycles. The number of nitrogens with one attached hydrogen (secondary N) is 1. The lowest BCUT2D eigenvalue weighted by atomic mass is 9.90. The van der Waals surface area contributed by atoms with Crippen LogP contribution in [0.25, 0.3) is 11.3 Å². The van der Waals surface area contributed by atoms with Crippen LogP contribution in [0.4, 0.5) is 16.6 Å². The number of fused-ring (bicyclic) bond motifs is 3. The smallest absolute Gasteiger partial charge is 0.293 e. The number of carbonyl (C=O) groups is 1. The molecule has 0 radical (unpaired) electrons. The van der Waals surface area contributed by atoms with Gasteiger partial charge >= 0.3 is 0 Å². The topological polar surface area (TPSA) is 118 Å². The van der Waals surface area contributed by atoms with Crippen molar-refractivity contribution in [1.29, 1.82) is 0 Å². The summed E-state index contributed by atoms with van der Waals surface area (Å²) < 4.78 is 7.84. The van der Waals surface area contributed by atoms with Gasteiger partial charge in [-0.3, -0.25) is 14.5 Å². The molecular weight excluding hydrogens is 502 g/mol. The summed E-state index contributed by atoms with van der Waals surface area (Å²) >= 11 is 1.25. The Balaban J connectivity index is 1.38. The fourth-order valence-corrected chi connectivity index (χ4v) is 6.24. The van der Waals surface area contributed by atoms with Crippen LogP contribution in [0.2, 0.25) is 0 Å². The fourth-order valence-electron chi connectivity index (χ4n) is 5.58. The molecule has 0 unspecified atom stereocenters. The number of hydrogen-bond donors (Lipinski definition) is 2. The van der Waals surface area contributed by atoms with E-state index in [-0.39, 0.29) is 29.3 Å². The van der Waals surface area contributed by atoms with Gasteiger partial charge in [-0.25, -0.2) is 9.97 Å². The van der Waals surface area contributed by atoms with Crippen LogP contribution in [0, 0.1) is 12.3 Å². The third-order valence-electron chi connectivity index (χ3n) is 7.29. The van der Waals surface area contributed by atoms with Crippen LogP contribution in [0.5, 0.6) is 0 Å². The van der Waals surface area contributed by atoms with Gasteiger partial charge in [0, 0.05) is 49.4 Å². The second-order valence-corrected chi connectivity index (χ2v) is 11.6. The van der Waals surface area contributed by atoms with Gasteiger partial charge in [-0.1, -0.05) is 13.8 Å². The molecule has 4 aromatic heterocycles. The number of hydrogen-bond acceptors (Lipinski definition) is 8. The minimum atomic E-state index is -0.338. The van der Waals surface area contributed by atoms with Crippen molar-refractivity contribution in [3.8, 4) is 11.3 Å². The van der Waals surface area contributed by atoms with Gasteiger partial charge in [-0.15, -0.1) is 0 Å². The van der Waals surface area contributed by atoms with Crippen LogP contribution in [0.15, 0.2) is 35.4 Å². The van der Waals surface area contributed by atoms with E-state index in [9.17, 15) is 14.7 Å². The number of amides is 1. The maximum atomic E-state index is 13.7. The molecule has 0 bridgehead atoms. The molecule has 2 N–H and O–H groups in total. The number of aryl methyl sites for hydroxylation is 2. The molecule has 0 spiro atoms. The van der Waals surface area contributed by atoms with E-state index >= 15 is 0 Å². The van der Waals surface area contributed by atoms with E-state index in [4.69, 9.17) is 0 Å². The summed E-state index contributed by atoms with van der Waals surface area (Å²) in [6.45, 7) is 7.18. The second-order valence-electron chi connectivity index (χ2n) is 10.8. The molecule has 1 aliphatic carbocycles. The largest absolute Gasteiger partial charge is 0.392 e. The summed E-state index contributed by atoms with van der Waals surface area (Å²) in [6, 6.07) is 5.61. The summed E-state index contributed by atoms with van der Waals surface area (Å²) in [5.41, 5.74) is 5.51. The highest BCUT2D eigenvalue weighted by Gasteiger charge is 2.37. The number of aromatic nitrogens is 5. The average Bonchev–Trinajstić information content (AvgIpc) is 3.53. The SMILES string of the molecule is Cc1cc(Nc2nc(-c3ccnc(N4CCn5c(cc6c5CC(C)(C)C6)C4=O)c3CO)cn(C)c2=O)sn1. The Hall–Kier alpha value is -3.83. The van der Waals surface area contributed by atoms with Crippen LogP contribution in [-0.4, -0.2) is 41.0 Å². The maximum absolute atomic E-state index is 13.7. The van der Waals surface area contributed by atoms with Crippen molar-refractivity contribution < 1.29 is 9.90 Å². The van der Waals surface area contributed by atoms with Crippen molar-refractivity contribution in [2.24, 2.45) is 12.5 Å². The molecule has 1 amide bonds. The van der Waals surface area contributed by atoms with Gasteiger partial charge in [0.1, 0.15) is 16.5 Å². The zero-order valence-electron chi connectivity index (χ0n) is 21.8. The van der Waals surface area contributed by atoms with E-state index in [0.717, 1.165) is 18.5 Å². The molecule has 11 heteroatoms. The molecule has 0 saturated carbocycles. The first-order chi connectivity index (χ1) is 18.1. The van der Waals surface area contributed by atoms with Crippen molar-refractivity contribution >= 4 is 34.1 Å². The number of carbonyl (C=O) groups excluding carboxylic acids is 1. The molecule has 5 heterocycles. The molecule has 2 aliphatic rings. The maximum Gasteiger partial charge on any atom is 0.293 e. The van der Waals surface area contributed by atoms with Crippen molar-refractivity contribution in [2.75, 3.05) is 16.8 Å². The highest BCUT2D eigenvalue weighted by atomic mass is 32.1. The van der Waals surface area contributed by atoms with Gasteiger partial charge in [0.25, 0.3) is 11.5 Å². The molecule has 196 valence electrons. The minimum absolute atomic E-state index is 0.126. The fraction of sp³-hybridized carbons (Fsp3) is 0.370. The number of aliphatic hydroxyl groups is 1. The monoisotopic (exact) mass is 531 g/mol. The van der Waals surface area contributed by atoms with Crippen LogP contribution >= 0.6 is 11.5 Å². The molecule has 10 nitrogen and oxygen atoms in total. The highest BCUT2D eigenvalue weighted by Crippen LogP contribution is 2.40. The van der Waals surface area contributed by atoms with Crippen molar-refractivity contribution in [2.45, 2.75) is 46.8 Å². The third-order valence-corrected chi connectivity index (χ3v) is 8.08. The summed E-state index contributed by atoms with van der Waals surface area (Å²) in [5.74, 6) is 0.436. The van der Waals surface area contributed by atoms with Crippen LogP contribution in [0.3, 0.4) is 0 Å². The molecular formula is C27H29N7O3S. The first-order valence-corrected chi connectivity index (χ1v) is 13.3. The normalized spacial score (nSPS) is 16.0. The third kappa shape index (κ3) is 4.02. The van der Waals surface area contributed by atoms with Gasteiger partial charge < -0.3 is 19.6 Å². The lowest BCUT2D eigenvalue weighted by molar-refractivity contribution is 0.0962. The zero-order valence-corrected chi connectivity index (χ0v) is 22.6. The average molecular weight is 532 g/mol. The predicted molar refractivity (Wildman–Crippen MR) is 146 cm³/mol. The Morgan fingerprint density at radius 1 is 1.18 bits per heavy atom. The van der Waals surface area contributed by atoms with E-state index in [0.29, 0.717) is 46.4 Å². The van der Waals surface area contributed by atoms with Gasteiger partial charge in [0.05, 0.1) is 18.0 Å².